The molecule has 138 valence electrons. The van der Waals surface area contributed by atoms with Gasteiger partial charge in [-0.05, 0) is 48.8 Å². The highest BCUT2D eigenvalue weighted by Gasteiger charge is 2.39. The Balaban J connectivity index is 1.35. The molecule has 2 fully saturated rings. The number of nitrogens with zero attached hydrogens (tertiary/aromatic N) is 4. The van der Waals surface area contributed by atoms with E-state index in [9.17, 15) is 4.79 Å². The van der Waals surface area contributed by atoms with Gasteiger partial charge in [0.25, 0.3) is 0 Å². The maximum absolute atomic E-state index is 12.5. The summed E-state index contributed by atoms with van der Waals surface area (Å²) in [5.74, 6) is 0.645. The second kappa shape index (κ2) is 6.46. The van der Waals surface area contributed by atoms with Crippen molar-refractivity contribution >= 4 is 22.5 Å². The van der Waals surface area contributed by atoms with Crippen LogP contribution in [-0.4, -0.2) is 44.2 Å². The van der Waals surface area contributed by atoms with Crippen LogP contribution in [0.2, 0.25) is 0 Å². The van der Waals surface area contributed by atoms with Gasteiger partial charge >= 0.3 is 0 Å². The van der Waals surface area contributed by atoms with Crippen LogP contribution in [0.3, 0.4) is 0 Å². The molecule has 0 spiro atoms. The van der Waals surface area contributed by atoms with Gasteiger partial charge in [0.15, 0.2) is 0 Å². The van der Waals surface area contributed by atoms with E-state index in [4.69, 9.17) is 0 Å². The molecule has 0 unspecified atom stereocenters. The Labute approximate surface area is 158 Å². The first-order valence-electron chi connectivity index (χ1n) is 9.60. The zero-order valence-electron chi connectivity index (χ0n) is 15.4. The molecule has 3 aromatic rings. The Hall–Kier alpha value is -2.73. The summed E-state index contributed by atoms with van der Waals surface area (Å²) in [6.45, 7) is 0.477. The number of amides is 1. The molecule has 1 N–H and O–H groups in total. The fourth-order valence-corrected chi connectivity index (χ4v) is 4.59. The highest BCUT2D eigenvalue weighted by atomic mass is 16.2. The zero-order valence-corrected chi connectivity index (χ0v) is 15.4. The SMILES string of the molecule is Cn1cc(-c2ccc3cnc(NC(=O)CN4C5CCC4CC5)cc3c2)cn1. The van der Waals surface area contributed by atoms with E-state index in [2.05, 4.69) is 38.5 Å². The average molecular weight is 361 g/mol. The van der Waals surface area contributed by atoms with E-state index < -0.39 is 0 Å². The fraction of sp³-hybridized carbons (Fsp3) is 0.381. The number of nitrogens with one attached hydrogen (secondary N) is 1. The molecule has 2 bridgehead atoms. The van der Waals surface area contributed by atoms with Crippen LogP contribution in [0.5, 0.6) is 0 Å². The standard InChI is InChI=1S/C21H23N5O/c1-25-12-17(11-23-25)14-2-3-15-10-22-20(9-16(15)8-14)24-21(27)13-26-18-4-5-19(26)7-6-18/h2-3,8-12,18-19H,4-7,13H2,1H3,(H,22,24,27). The van der Waals surface area contributed by atoms with E-state index >= 15 is 0 Å². The highest BCUT2D eigenvalue weighted by Crippen LogP contribution is 2.36. The summed E-state index contributed by atoms with van der Waals surface area (Å²) in [5, 5.41) is 9.34. The fourth-order valence-electron chi connectivity index (χ4n) is 4.59. The first kappa shape index (κ1) is 16.4. The topological polar surface area (TPSA) is 63.1 Å². The lowest BCUT2D eigenvalue weighted by molar-refractivity contribution is -0.117. The van der Waals surface area contributed by atoms with Crippen molar-refractivity contribution in [1.29, 1.82) is 0 Å². The van der Waals surface area contributed by atoms with Crippen LogP contribution in [0.1, 0.15) is 25.7 Å². The lowest BCUT2D eigenvalue weighted by Gasteiger charge is -2.20. The number of rotatable bonds is 4. The van der Waals surface area contributed by atoms with Crippen LogP contribution in [-0.2, 0) is 11.8 Å². The Morgan fingerprint density at radius 2 is 1.85 bits per heavy atom. The Kier molecular flexibility index (Phi) is 3.93. The number of fused-ring (bicyclic) bond motifs is 3. The third-order valence-corrected chi connectivity index (χ3v) is 5.96. The second-order valence-corrected chi connectivity index (χ2v) is 7.72. The third-order valence-electron chi connectivity index (χ3n) is 5.96. The summed E-state index contributed by atoms with van der Waals surface area (Å²) in [4.78, 5) is 19.3. The predicted molar refractivity (Wildman–Crippen MR) is 105 cm³/mol. The van der Waals surface area contributed by atoms with Crippen LogP contribution in [0.15, 0.2) is 42.9 Å². The van der Waals surface area contributed by atoms with Gasteiger partial charge in [0.2, 0.25) is 5.91 Å². The van der Waals surface area contributed by atoms with Crippen molar-refractivity contribution in [2.75, 3.05) is 11.9 Å². The van der Waals surface area contributed by atoms with E-state index in [1.165, 1.54) is 25.7 Å². The molecule has 2 aliphatic heterocycles. The molecule has 5 rings (SSSR count). The molecule has 0 saturated carbocycles. The van der Waals surface area contributed by atoms with Crippen molar-refractivity contribution in [3.05, 3.63) is 42.9 Å². The number of carbonyl (C=O) groups excluding carboxylic acids is 1. The summed E-state index contributed by atoms with van der Waals surface area (Å²) in [5.41, 5.74) is 2.18. The van der Waals surface area contributed by atoms with E-state index in [1.807, 2.05) is 31.7 Å². The summed E-state index contributed by atoms with van der Waals surface area (Å²) in [6, 6.07) is 9.40. The van der Waals surface area contributed by atoms with Crippen molar-refractivity contribution in [2.24, 2.45) is 7.05 Å². The molecule has 4 heterocycles. The van der Waals surface area contributed by atoms with Crippen molar-refractivity contribution in [3.8, 4) is 11.1 Å². The van der Waals surface area contributed by atoms with Crippen molar-refractivity contribution in [1.82, 2.24) is 19.7 Å². The molecule has 1 aromatic carbocycles. The van der Waals surface area contributed by atoms with E-state index in [1.54, 1.807) is 4.68 Å². The largest absolute Gasteiger partial charge is 0.310 e. The predicted octanol–water partition coefficient (Wildman–Crippen LogP) is 3.20. The van der Waals surface area contributed by atoms with Gasteiger partial charge in [0, 0.05) is 42.5 Å². The number of hydrogen-bond acceptors (Lipinski definition) is 4. The number of anilines is 1. The van der Waals surface area contributed by atoms with Gasteiger partial charge < -0.3 is 5.32 Å². The lowest BCUT2D eigenvalue weighted by Crippen LogP contribution is -2.36. The van der Waals surface area contributed by atoms with E-state index in [0.29, 0.717) is 24.4 Å². The van der Waals surface area contributed by atoms with Gasteiger partial charge in [-0.25, -0.2) is 4.98 Å². The molecule has 2 aliphatic rings. The average Bonchev–Trinajstić information content (AvgIpc) is 3.37. The van der Waals surface area contributed by atoms with E-state index in [-0.39, 0.29) is 5.91 Å². The van der Waals surface area contributed by atoms with Gasteiger partial charge in [0.05, 0.1) is 12.7 Å². The van der Waals surface area contributed by atoms with Crippen molar-refractivity contribution in [2.45, 2.75) is 37.8 Å². The first-order valence-corrected chi connectivity index (χ1v) is 9.60. The van der Waals surface area contributed by atoms with Gasteiger partial charge in [-0.2, -0.15) is 5.10 Å². The zero-order chi connectivity index (χ0) is 18.4. The molecule has 1 amide bonds. The number of hydrogen-bond donors (Lipinski definition) is 1. The number of aromatic nitrogens is 3. The second-order valence-electron chi connectivity index (χ2n) is 7.72. The van der Waals surface area contributed by atoms with Gasteiger partial charge in [-0.1, -0.05) is 12.1 Å². The van der Waals surface area contributed by atoms with E-state index in [0.717, 1.165) is 21.9 Å². The minimum Gasteiger partial charge on any atom is -0.310 e. The molecule has 0 atom stereocenters. The molecular weight excluding hydrogens is 338 g/mol. The minimum absolute atomic E-state index is 0.0315. The Morgan fingerprint density at radius 1 is 1.07 bits per heavy atom. The Bertz CT molecular complexity index is 991. The van der Waals surface area contributed by atoms with Crippen LogP contribution >= 0.6 is 0 Å². The molecule has 2 aromatic heterocycles. The van der Waals surface area contributed by atoms with Gasteiger partial charge in [-0.15, -0.1) is 0 Å². The number of aryl methyl sites for hydroxylation is 1. The number of pyridine rings is 1. The van der Waals surface area contributed by atoms with Crippen LogP contribution in [0.25, 0.3) is 21.9 Å². The molecule has 27 heavy (non-hydrogen) atoms. The molecule has 0 radical (unpaired) electrons. The first-order chi connectivity index (χ1) is 13.2. The maximum Gasteiger partial charge on any atom is 0.239 e. The highest BCUT2D eigenvalue weighted by molar-refractivity contribution is 5.94. The molecular formula is C21H23N5O. The number of benzene rings is 1. The smallest absolute Gasteiger partial charge is 0.239 e. The molecule has 6 heteroatoms. The summed E-state index contributed by atoms with van der Waals surface area (Å²) in [7, 11) is 1.91. The molecule has 0 aliphatic carbocycles. The van der Waals surface area contributed by atoms with Crippen molar-refractivity contribution in [3.63, 3.8) is 0 Å². The molecule has 6 nitrogen and oxygen atoms in total. The summed E-state index contributed by atoms with van der Waals surface area (Å²) < 4.78 is 1.79. The number of carbonyl (C=O) groups is 1. The van der Waals surface area contributed by atoms with Crippen LogP contribution in [0, 0.1) is 0 Å². The van der Waals surface area contributed by atoms with Crippen LogP contribution in [0.4, 0.5) is 5.82 Å². The van der Waals surface area contributed by atoms with Gasteiger partial charge in [0.1, 0.15) is 5.82 Å². The quantitative estimate of drug-likeness (QED) is 0.775. The normalized spacial score (nSPS) is 21.8. The monoisotopic (exact) mass is 361 g/mol. The maximum atomic E-state index is 12.5. The van der Waals surface area contributed by atoms with Crippen LogP contribution < -0.4 is 5.32 Å². The summed E-state index contributed by atoms with van der Waals surface area (Å²) >= 11 is 0. The summed E-state index contributed by atoms with van der Waals surface area (Å²) in [6.07, 6.45) is 10.6. The minimum atomic E-state index is 0.0315. The van der Waals surface area contributed by atoms with Gasteiger partial charge in [-0.3, -0.25) is 14.4 Å². The third kappa shape index (κ3) is 3.10. The van der Waals surface area contributed by atoms with Crippen molar-refractivity contribution < 1.29 is 4.79 Å². The Morgan fingerprint density at radius 3 is 2.56 bits per heavy atom. The lowest BCUT2D eigenvalue weighted by atomic mass is 10.0. The molecule has 2 saturated heterocycles.